The Hall–Kier alpha value is -3.18. The van der Waals surface area contributed by atoms with Gasteiger partial charge in [0.2, 0.25) is 5.91 Å². The molecule has 0 saturated carbocycles. The van der Waals surface area contributed by atoms with Crippen LogP contribution in [0.3, 0.4) is 0 Å². The monoisotopic (exact) mass is 421 g/mol. The SMILES string of the molecule is O=C(/C=C/c1ccc(-c2ccccc2)cc1)Nc1ccc(Br)cc1C(=O)O. The molecule has 3 aromatic carbocycles. The topological polar surface area (TPSA) is 66.4 Å². The Labute approximate surface area is 165 Å². The first-order chi connectivity index (χ1) is 13.0. The van der Waals surface area contributed by atoms with E-state index in [-0.39, 0.29) is 11.3 Å². The van der Waals surface area contributed by atoms with Gasteiger partial charge in [-0.25, -0.2) is 4.79 Å². The fraction of sp³-hybridized carbons (Fsp3) is 0. The number of aromatic carboxylic acids is 1. The fourth-order valence-electron chi connectivity index (χ4n) is 2.57. The molecule has 0 heterocycles. The number of benzene rings is 3. The second kappa shape index (κ2) is 8.47. The highest BCUT2D eigenvalue weighted by Gasteiger charge is 2.11. The first-order valence-electron chi connectivity index (χ1n) is 8.20. The number of carbonyl (C=O) groups is 2. The van der Waals surface area contributed by atoms with Crippen molar-refractivity contribution in [2.75, 3.05) is 5.32 Å². The third-order valence-corrected chi connectivity index (χ3v) is 4.41. The van der Waals surface area contributed by atoms with Crippen molar-refractivity contribution in [3.05, 3.63) is 94.5 Å². The number of halogens is 1. The van der Waals surface area contributed by atoms with E-state index < -0.39 is 11.9 Å². The largest absolute Gasteiger partial charge is 0.478 e. The van der Waals surface area contributed by atoms with Crippen molar-refractivity contribution in [2.45, 2.75) is 0 Å². The summed E-state index contributed by atoms with van der Waals surface area (Å²) in [7, 11) is 0. The second-order valence-corrected chi connectivity index (χ2v) is 6.72. The van der Waals surface area contributed by atoms with E-state index in [2.05, 4.69) is 21.2 Å². The average Bonchev–Trinajstić information content (AvgIpc) is 2.69. The lowest BCUT2D eigenvalue weighted by molar-refractivity contribution is -0.111. The standard InChI is InChI=1S/C22H16BrNO3/c23-18-11-12-20(19(14-18)22(26)27)24-21(25)13-8-15-6-9-17(10-7-15)16-4-2-1-3-5-16/h1-14H,(H,24,25)(H,26,27)/b13-8+. The number of rotatable bonds is 5. The number of hydrogen-bond donors (Lipinski definition) is 2. The van der Waals surface area contributed by atoms with Crippen molar-refractivity contribution in [1.29, 1.82) is 0 Å². The molecular weight excluding hydrogens is 406 g/mol. The molecule has 0 bridgehead atoms. The van der Waals surface area contributed by atoms with Crippen LogP contribution in [0.15, 0.2) is 83.3 Å². The van der Waals surface area contributed by atoms with Crippen LogP contribution in [-0.4, -0.2) is 17.0 Å². The predicted molar refractivity (Wildman–Crippen MR) is 111 cm³/mol. The summed E-state index contributed by atoms with van der Waals surface area (Å²) in [6.45, 7) is 0. The number of anilines is 1. The molecule has 4 nitrogen and oxygen atoms in total. The average molecular weight is 422 g/mol. The number of carbonyl (C=O) groups excluding carboxylic acids is 1. The lowest BCUT2D eigenvalue weighted by Gasteiger charge is -2.07. The molecule has 3 rings (SSSR count). The summed E-state index contributed by atoms with van der Waals surface area (Å²) >= 11 is 3.22. The fourth-order valence-corrected chi connectivity index (χ4v) is 2.93. The van der Waals surface area contributed by atoms with Crippen molar-refractivity contribution in [3.8, 4) is 11.1 Å². The first-order valence-corrected chi connectivity index (χ1v) is 8.99. The van der Waals surface area contributed by atoms with Gasteiger partial charge in [-0.05, 0) is 41.0 Å². The third kappa shape index (κ3) is 4.92. The molecule has 0 aliphatic rings. The maximum absolute atomic E-state index is 12.1. The van der Waals surface area contributed by atoms with E-state index in [4.69, 9.17) is 0 Å². The maximum atomic E-state index is 12.1. The van der Waals surface area contributed by atoms with Gasteiger partial charge < -0.3 is 10.4 Å². The van der Waals surface area contributed by atoms with Crippen molar-refractivity contribution >= 4 is 39.6 Å². The van der Waals surface area contributed by atoms with Gasteiger partial charge in [-0.2, -0.15) is 0 Å². The molecule has 0 aliphatic heterocycles. The molecule has 2 N–H and O–H groups in total. The Morgan fingerprint density at radius 1 is 0.889 bits per heavy atom. The van der Waals surface area contributed by atoms with Gasteiger partial charge >= 0.3 is 5.97 Å². The molecule has 134 valence electrons. The minimum atomic E-state index is -1.10. The van der Waals surface area contributed by atoms with Crippen LogP contribution in [0.2, 0.25) is 0 Å². The second-order valence-electron chi connectivity index (χ2n) is 5.81. The Morgan fingerprint density at radius 3 is 2.22 bits per heavy atom. The molecular formula is C22H16BrNO3. The quantitative estimate of drug-likeness (QED) is 0.537. The summed E-state index contributed by atoms with van der Waals surface area (Å²) in [5, 5.41) is 11.8. The van der Waals surface area contributed by atoms with Crippen LogP contribution < -0.4 is 5.32 Å². The Morgan fingerprint density at radius 2 is 1.56 bits per heavy atom. The lowest BCUT2D eigenvalue weighted by Crippen LogP contribution is -2.12. The Balaban J connectivity index is 1.70. The van der Waals surface area contributed by atoms with Gasteiger partial charge in [-0.3, -0.25) is 4.79 Å². The highest BCUT2D eigenvalue weighted by atomic mass is 79.9. The molecule has 0 aromatic heterocycles. The summed E-state index contributed by atoms with van der Waals surface area (Å²) in [5.41, 5.74) is 3.37. The van der Waals surface area contributed by atoms with Gasteiger partial charge in [0.15, 0.2) is 0 Å². The zero-order chi connectivity index (χ0) is 19.2. The van der Waals surface area contributed by atoms with Gasteiger partial charge in [0.25, 0.3) is 0 Å². The van der Waals surface area contributed by atoms with Gasteiger partial charge in [-0.1, -0.05) is 70.5 Å². The van der Waals surface area contributed by atoms with E-state index in [0.717, 1.165) is 16.7 Å². The number of carboxylic acid groups (broad SMARTS) is 1. The smallest absolute Gasteiger partial charge is 0.337 e. The van der Waals surface area contributed by atoms with Crippen LogP contribution >= 0.6 is 15.9 Å². The summed E-state index contributed by atoms with van der Waals surface area (Å²) in [4.78, 5) is 23.4. The van der Waals surface area contributed by atoms with E-state index in [0.29, 0.717) is 4.47 Å². The van der Waals surface area contributed by atoms with Crippen LogP contribution in [0, 0.1) is 0 Å². The lowest BCUT2D eigenvalue weighted by atomic mass is 10.0. The zero-order valence-electron chi connectivity index (χ0n) is 14.2. The molecule has 27 heavy (non-hydrogen) atoms. The van der Waals surface area contributed by atoms with Crippen molar-refractivity contribution in [2.24, 2.45) is 0 Å². The van der Waals surface area contributed by atoms with Gasteiger partial charge in [0.05, 0.1) is 11.3 Å². The van der Waals surface area contributed by atoms with E-state index in [1.165, 1.54) is 12.1 Å². The van der Waals surface area contributed by atoms with Crippen LogP contribution in [0.5, 0.6) is 0 Å². The number of carboxylic acids is 1. The summed E-state index contributed by atoms with van der Waals surface area (Å²) < 4.78 is 0.631. The predicted octanol–water partition coefficient (Wildman–Crippen LogP) is 5.47. The Kier molecular flexibility index (Phi) is 5.84. The van der Waals surface area contributed by atoms with E-state index in [1.54, 1.807) is 18.2 Å². The first kappa shape index (κ1) is 18.6. The highest BCUT2D eigenvalue weighted by Crippen LogP contribution is 2.22. The van der Waals surface area contributed by atoms with E-state index >= 15 is 0 Å². The van der Waals surface area contributed by atoms with Gasteiger partial charge in [-0.15, -0.1) is 0 Å². The van der Waals surface area contributed by atoms with Crippen LogP contribution in [0.25, 0.3) is 17.2 Å². The Bertz CT molecular complexity index is 996. The number of amides is 1. The minimum absolute atomic E-state index is 0.0262. The number of nitrogens with one attached hydrogen (secondary N) is 1. The van der Waals surface area contributed by atoms with Gasteiger partial charge in [0.1, 0.15) is 0 Å². The molecule has 0 atom stereocenters. The highest BCUT2D eigenvalue weighted by molar-refractivity contribution is 9.10. The van der Waals surface area contributed by atoms with Crippen molar-refractivity contribution < 1.29 is 14.7 Å². The zero-order valence-corrected chi connectivity index (χ0v) is 15.8. The third-order valence-electron chi connectivity index (χ3n) is 3.91. The molecule has 0 spiro atoms. The van der Waals surface area contributed by atoms with Crippen LogP contribution in [0.1, 0.15) is 15.9 Å². The van der Waals surface area contributed by atoms with Crippen molar-refractivity contribution in [1.82, 2.24) is 0 Å². The normalized spacial score (nSPS) is 10.7. The van der Waals surface area contributed by atoms with E-state index in [9.17, 15) is 14.7 Å². The van der Waals surface area contributed by atoms with Gasteiger partial charge in [0, 0.05) is 10.5 Å². The van der Waals surface area contributed by atoms with Crippen LogP contribution in [0.4, 0.5) is 5.69 Å². The number of hydrogen-bond acceptors (Lipinski definition) is 2. The molecule has 5 heteroatoms. The molecule has 0 aliphatic carbocycles. The molecule has 0 fully saturated rings. The summed E-state index contributed by atoms with van der Waals surface area (Å²) in [6.07, 6.45) is 3.06. The minimum Gasteiger partial charge on any atom is -0.478 e. The molecule has 1 amide bonds. The molecule has 0 unspecified atom stereocenters. The van der Waals surface area contributed by atoms with Crippen molar-refractivity contribution in [3.63, 3.8) is 0 Å². The molecule has 0 radical (unpaired) electrons. The molecule has 3 aromatic rings. The summed E-state index contributed by atoms with van der Waals surface area (Å²) in [5.74, 6) is -1.50. The van der Waals surface area contributed by atoms with E-state index in [1.807, 2.05) is 54.6 Å². The maximum Gasteiger partial charge on any atom is 0.337 e. The molecule has 0 saturated heterocycles. The summed E-state index contributed by atoms with van der Waals surface area (Å²) in [6, 6.07) is 22.5. The van der Waals surface area contributed by atoms with Crippen LogP contribution in [-0.2, 0) is 4.79 Å².